The number of hydrogen-bond donors (Lipinski definition) is 2. The number of aryl methyl sites for hydroxylation is 1. The van der Waals surface area contributed by atoms with Crippen molar-refractivity contribution in [2.75, 3.05) is 57.1 Å². The van der Waals surface area contributed by atoms with Gasteiger partial charge in [0.2, 0.25) is 5.91 Å². The number of piperidine rings is 1. The van der Waals surface area contributed by atoms with Gasteiger partial charge in [0, 0.05) is 37.6 Å². The summed E-state index contributed by atoms with van der Waals surface area (Å²) in [6.45, 7) is 5.81. The van der Waals surface area contributed by atoms with E-state index < -0.39 is 0 Å². The highest BCUT2D eigenvalue weighted by Crippen LogP contribution is 2.51. The summed E-state index contributed by atoms with van der Waals surface area (Å²) in [5.41, 5.74) is 3.02. The lowest BCUT2D eigenvalue weighted by Crippen LogP contribution is -2.34. The Morgan fingerprint density at radius 2 is 2.15 bits per heavy atom. The van der Waals surface area contributed by atoms with E-state index >= 15 is 0 Å². The van der Waals surface area contributed by atoms with Crippen LogP contribution in [0.3, 0.4) is 0 Å². The van der Waals surface area contributed by atoms with Crippen LogP contribution in [0.25, 0.3) is 11.0 Å². The fourth-order valence-electron chi connectivity index (χ4n) is 4.07. The predicted molar refractivity (Wildman–Crippen MR) is 110 cm³/mol. The van der Waals surface area contributed by atoms with Crippen molar-refractivity contribution in [3.8, 4) is 0 Å². The Bertz CT molecular complexity index is 810. The number of anilines is 1. The Labute approximate surface area is 164 Å². The van der Waals surface area contributed by atoms with Gasteiger partial charge in [-0.2, -0.15) is 11.8 Å². The second kappa shape index (κ2) is 7.67. The number of amides is 1. The van der Waals surface area contributed by atoms with Crippen LogP contribution in [0, 0.1) is 24.7 Å². The topological polar surface area (TPSA) is 77.2 Å². The van der Waals surface area contributed by atoms with E-state index in [1.54, 1.807) is 18.1 Å². The lowest BCUT2D eigenvalue weighted by molar-refractivity contribution is -0.127. The summed E-state index contributed by atoms with van der Waals surface area (Å²) in [6.07, 6.45) is 1.61. The zero-order valence-corrected chi connectivity index (χ0v) is 17.1. The number of likely N-dealkylation sites (tertiary alicyclic amines) is 1. The van der Waals surface area contributed by atoms with Crippen LogP contribution in [0.4, 0.5) is 5.82 Å². The van der Waals surface area contributed by atoms with E-state index in [0.717, 1.165) is 54.5 Å². The monoisotopic (exact) mass is 388 g/mol. The van der Waals surface area contributed by atoms with E-state index in [-0.39, 0.29) is 0 Å². The van der Waals surface area contributed by atoms with Crippen LogP contribution in [0.5, 0.6) is 0 Å². The maximum Gasteiger partial charge on any atom is 0.232 e. The number of H-pyrrole nitrogens is 1. The molecule has 0 spiro atoms. The van der Waals surface area contributed by atoms with Crippen molar-refractivity contribution in [1.29, 1.82) is 0 Å². The maximum absolute atomic E-state index is 12.3. The third kappa shape index (κ3) is 4.06. The first-order valence-electron chi connectivity index (χ1n) is 9.57. The molecule has 27 heavy (non-hydrogen) atoms. The highest BCUT2D eigenvalue weighted by Gasteiger charge is 2.56. The molecule has 2 aromatic heterocycles. The standard InChI is InChI=1S/C19H28N6OS/c1-12-6-16-18(23-12)19(22-11-21-16)20-7-13-14-8-25(9-15(13)14)17(26)10-27-5-4-24(2)3/h6,11,13-15,23H,4-5,7-10H2,1-3H3,(H,20,21,22)/t13?,14-,15+. The van der Waals surface area contributed by atoms with Crippen molar-refractivity contribution in [2.45, 2.75) is 6.92 Å². The summed E-state index contributed by atoms with van der Waals surface area (Å²) < 4.78 is 0. The van der Waals surface area contributed by atoms with Crippen LogP contribution in [-0.4, -0.2) is 82.4 Å². The Kier molecular flexibility index (Phi) is 5.27. The predicted octanol–water partition coefficient (Wildman–Crippen LogP) is 1.68. The average molecular weight is 389 g/mol. The molecule has 2 N–H and O–H groups in total. The van der Waals surface area contributed by atoms with Crippen molar-refractivity contribution in [1.82, 2.24) is 24.8 Å². The van der Waals surface area contributed by atoms with E-state index in [1.165, 1.54) is 0 Å². The van der Waals surface area contributed by atoms with Gasteiger partial charge in [0.05, 0.1) is 11.3 Å². The normalized spacial score (nSPS) is 23.9. The van der Waals surface area contributed by atoms with Gasteiger partial charge in [-0.25, -0.2) is 9.97 Å². The summed E-state index contributed by atoms with van der Waals surface area (Å²) in [6, 6.07) is 2.04. The van der Waals surface area contributed by atoms with Gasteiger partial charge >= 0.3 is 0 Å². The molecule has 146 valence electrons. The Morgan fingerprint density at radius 1 is 1.37 bits per heavy atom. The molecule has 1 unspecified atom stereocenters. The fourth-order valence-corrected chi connectivity index (χ4v) is 5.07. The summed E-state index contributed by atoms with van der Waals surface area (Å²) in [5.74, 6) is 4.75. The van der Waals surface area contributed by atoms with Crippen molar-refractivity contribution < 1.29 is 4.79 Å². The SMILES string of the molecule is Cc1cc2ncnc(NCC3[C@H]4CN(C(=O)CSCCN(C)C)C[C@@H]34)c2[nH]1. The van der Waals surface area contributed by atoms with Crippen LogP contribution in [-0.2, 0) is 4.79 Å². The molecular weight excluding hydrogens is 360 g/mol. The third-order valence-electron chi connectivity index (χ3n) is 5.69. The molecule has 7 nitrogen and oxygen atoms in total. The van der Waals surface area contributed by atoms with Gasteiger partial charge in [-0.1, -0.05) is 0 Å². The minimum atomic E-state index is 0.303. The molecule has 2 fully saturated rings. The zero-order valence-electron chi connectivity index (χ0n) is 16.2. The lowest BCUT2D eigenvalue weighted by atomic mass is 10.2. The van der Waals surface area contributed by atoms with E-state index in [0.29, 0.717) is 29.4 Å². The number of rotatable bonds is 8. The quantitative estimate of drug-likeness (QED) is 0.670. The van der Waals surface area contributed by atoms with E-state index in [9.17, 15) is 4.79 Å². The van der Waals surface area contributed by atoms with Crippen molar-refractivity contribution >= 4 is 34.5 Å². The number of carbonyl (C=O) groups is 1. The van der Waals surface area contributed by atoms with Crippen molar-refractivity contribution in [3.05, 3.63) is 18.1 Å². The third-order valence-corrected chi connectivity index (χ3v) is 6.61. The number of thioether (sulfide) groups is 1. The second-order valence-electron chi connectivity index (χ2n) is 7.96. The largest absolute Gasteiger partial charge is 0.368 e. The summed E-state index contributed by atoms with van der Waals surface area (Å²) in [5, 5.41) is 3.49. The lowest BCUT2D eigenvalue weighted by Gasteiger charge is -2.20. The number of aromatic amines is 1. The molecular formula is C19H28N6OS. The Morgan fingerprint density at radius 3 is 2.89 bits per heavy atom. The highest BCUT2D eigenvalue weighted by molar-refractivity contribution is 7.99. The van der Waals surface area contributed by atoms with Gasteiger partial charge < -0.3 is 20.1 Å². The number of nitrogens with one attached hydrogen (secondary N) is 2. The first kappa shape index (κ1) is 18.6. The minimum absolute atomic E-state index is 0.303. The molecule has 3 heterocycles. The molecule has 1 amide bonds. The van der Waals surface area contributed by atoms with Gasteiger partial charge in [-0.3, -0.25) is 4.79 Å². The van der Waals surface area contributed by atoms with Crippen LogP contribution in [0.1, 0.15) is 5.69 Å². The van der Waals surface area contributed by atoms with Gasteiger partial charge in [-0.05, 0) is 44.8 Å². The molecule has 1 aliphatic carbocycles. The van der Waals surface area contributed by atoms with E-state index in [4.69, 9.17) is 0 Å². The van der Waals surface area contributed by atoms with Gasteiger partial charge in [0.25, 0.3) is 0 Å². The second-order valence-corrected chi connectivity index (χ2v) is 9.07. The van der Waals surface area contributed by atoms with Crippen LogP contribution < -0.4 is 5.32 Å². The zero-order chi connectivity index (χ0) is 19.0. The summed E-state index contributed by atoms with van der Waals surface area (Å²) >= 11 is 1.74. The molecule has 1 saturated heterocycles. The average Bonchev–Trinajstić information content (AvgIpc) is 2.98. The molecule has 0 radical (unpaired) electrons. The van der Waals surface area contributed by atoms with Crippen LogP contribution >= 0.6 is 11.8 Å². The molecule has 1 aliphatic heterocycles. The van der Waals surface area contributed by atoms with E-state index in [2.05, 4.69) is 44.2 Å². The number of nitrogens with zero attached hydrogens (tertiary/aromatic N) is 4. The van der Waals surface area contributed by atoms with Crippen molar-refractivity contribution in [2.24, 2.45) is 17.8 Å². The Hall–Kier alpha value is -1.80. The van der Waals surface area contributed by atoms with Gasteiger partial charge in [-0.15, -0.1) is 0 Å². The van der Waals surface area contributed by atoms with Crippen LogP contribution in [0.2, 0.25) is 0 Å². The number of aromatic nitrogens is 3. The molecule has 2 aliphatic rings. The molecule has 3 atom stereocenters. The van der Waals surface area contributed by atoms with Crippen molar-refractivity contribution in [3.63, 3.8) is 0 Å². The van der Waals surface area contributed by atoms with Gasteiger partial charge in [0.15, 0.2) is 5.82 Å². The minimum Gasteiger partial charge on any atom is -0.368 e. The summed E-state index contributed by atoms with van der Waals surface area (Å²) in [7, 11) is 4.13. The van der Waals surface area contributed by atoms with Crippen LogP contribution in [0.15, 0.2) is 12.4 Å². The molecule has 8 heteroatoms. The maximum atomic E-state index is 12.3. The summed E-state index contributed by atoms with van der Waals surface area (Å²) in [4.78, 5) is 28.6. The fraction of sp³-hybridized carbons (Fsp3) is 0.632. The first-order valence-corrected chi connectivity index (χ1v) is 10.7. The smallest absolute Gasteiger partial charge is 0.232 e. The molecule has 4 rings (SSSR count). The van der Waals surface area contributed by atoms with Gasteiger partial charge in [0.1, 0.15) is 11.8 Å². The highest BCUT2D eigenvalue weighted by atomic mass is 32.2. The molecule has 0 aromatic carbocycles. The Balaban J connectivity index is 1.22. The van der Waals surface area contributed by atoms with E-state index in [1.807, 2.05) is 13.0 Å². The molecule has 0 bridgehead atoms. The number of fused-ring (bicyclic) bond motifs is 2. The molecule has 1 saturated carbocycles. The number of hydrogen-bond acceptors (Lipinski definition) is 6. The molecule has 2 aromatic rings. The number of carbonyl (C=O) groups excluding carboxylic acids is 1. The first-order chi connectivity index (χ1) is 13.0.